The van der Waals surface area contributed by atoms with Crippen LogP contribution in [0.4, 0.5) is 0 Å². The number of nitrogens with zero attached hydrogens (tertiary/aromatic N) is 5. The molecule has 4 rings (SSSR count). The summed E-state index contributed by atoms with van der Waals surface area (Å²) in [6.45, 7) is 4.38. The fourth-order valence-corrected chi connectivity index (χ4v) is 3.42. The molecule has 1 N–H and O–H groups in total. The number of rotatable bonds is 7. The Balaban J connectivity index is 1.29. The van der Waals surface area contributed by atoms with Crippen LogP contribution in [0.25, 0.3) is 16.7 Å². The van der Waals surface area contributed by atoms with Gasteiger partial charge >= 0.3 is 0 Å². The lowest BCUT2D eigenvalue weighted by atomic mass is 10.1. The highest BCUT2D eigenvalue weighted by Crippen LogP contribution is 2.26. The molecular formula is C22H24N6O2. The molecule has 0 spiro atoms. The van der Waals surface area contributed by atoms with Gasteiger partial charge in [-0.05, 0) is 55.7 Å². The molecule has 154 valence electrons. The molecule has 0 radical (unpaired) electrons. The molecule has 1 amide bonds. The minimum Gasteiger partial charge on any atom is -0.466 e. The zero-order chi connectivity index (χ0) is 21.1. The van der Waals surface area contributed by atoms with Crippen molar-refractivity contribution in [1.82, 2.24) is 29.9 Å². The Labute approximate surface area is 174 Å². The van der Waals surface area contributed by atoms with Crippen LogP contribution in [-0.2, 0) is 18.3 Å². The first-order chi connectivity index (χ1) is 14.5. The van der Waals surface area contributed by atoms with Crippen LogP contribution < -0.4 is 10.1 Å². The first kappa shape index (κ1) is 19.6. The second-order valence-corrected chi connectivity index (χ2v) is 7.21. The molecule has 0 aliphatic heterocycles. The minimum atomic E-state index is -0.181. The van der Waals surface area contributed by atoms with Crippen molar-refractivity contribution < 1.29 is 9.53 Å². The van der Waals surface area contributed by atoms with Gasteiger partial charge in [-0.15, -0.1) is 5.10 Å². The molecule has 0 saturated heterocycles. The Kier molecular flexibility index (Phi) is 5.47. The van der Waals surface area contributed by atoms with Gasteiger partial charge in [0.15, 0.2) is 12.3 Å². The highest BCUT2D eigenvalue weighted by molar-refractivity contribution is 5.85. The van der Waals surface area contributed by atoms with Crippen molar-refractivity contribution in [3.63, 3.8) is 0 Å². The van der Waals surface area contributed by atoms with E-state index in [0.29, 0.717) is 12.4 Å². The summed E-state index contributed by atoms with van der Waals surface area (Å²) in [5.41, 5.74) is 4.84. The van der Waals surface area contributed by atoms with Crippen LogP contribution in [0, 0.1) is 13.8 Å². The maximum absolute atomic E-state index is 12.2. The molecule has 0 atom stereocenters. The minimum absolute atomic E-state index is 0.0856. The number of benzene rings is 1. The Hall–Kier alpha value is -3.68. The SMILES string of the molecule is Cc1cc(C)c2c(OCC(=O)NCCc3ccc(-n4cccn4)cc3)nn(C)c2n1. The second kappa shape index (κ2) is 8.36. The van der Waals surface area contributed by atoms with Crippen molar-refractivity contribution in [2.24, 2.45) is 7.05 Å². The van der Waals surface area contributed by atoms with Crippen LogP contribution in [0.5, 0.6) is 5.88 Å². The Morgan fingerprint density at radius 1 is 1.20 bits per heavy atom. The van der Waals surface area contributed by atoms with Gasteiger partial charge in [0.1, 0.15) is 0 Å². The summed E-state index contributed by atoms with van der Waals surface area (Å²) in [5.74, 6) is 0.251. The molecule has 8 heteroatoms. The lowest BCUT2D eigenvalue weighted by Crippen LogP contribution is -2.30. The van der Waals surface area contributed by atoms with Gasteiger partial charge in [0.25, 0.3) is 5.91 Å². The van der Waals surface area contributed by atoms with Gasteiger partial charge in [0.2, 0.25) is 5.88 Å². The highest BCUT2D eigenvalue weighted by atomic mass is 16.5. The first-order valence-electron chi connectivity index (χ1n) is 9.80. The van der Waals surface area contributed by atoms with Crippen LogP contribution >= 0.6 is 0 Å². The second-order valence-electron chi connectivity index (χ2n) is 7.21. The number of hydrogen-bond acceptors (Lipinski definition) is 5. The molecule has 3 heterocycles. The summed E-state index contributed by atoms with van der Waals surface area (Å²) in [7, 11) is 1.82. The molecule has 0 aliphatic rings. The van der Waals surface area contributed by atoms with E-state index in [9.17, 15) is 4.79 Å². The van der Waals surface area contributed by atoms with Crippen LogP contribution in [0.15, 0.2) is 48.8 Å². The summed E-state index contributed by atoms with van der Waals surface area (Å²) >= 11 is 0. The van der Waals surface area contributed by atoms with E-state index in [1.54, 1.807) is 10.9 Å². The number of amides is 1. The molecule has 0 saturated carbocycles. The topological polar surface area (TPSA) is 86.9 Å². The number of carbonyl (C=O) groups excluding carboxylic acids is 1. The third-order valence-electron chi connectivity index (χ3n) is 4.87. The van der Waals surface area contributed by atoms with Crippen molar-refractivity contribution in [3.05, 3.63) is 65.6 Å². The van der Waals surface area contributed by atoms with Gasteiger partial charge in [0, 0.05) is 31.7 Å². The van der Waals surface area contributed by atoms with Crippen molar-refractivity contribution in [2.45, 2.75) is 20.3 Å². The lowest BCUT2D eigenvalue weighted by Gasteiger charge is -2.08. The third-order valence-corrected chi connectivity index (χ3v) is 4.87. The third kappa shape index (κ3) is 4.17. The van der Waals surface area contributed by atoms with Crippen LogP contribution in [-0.4, -0.2) is 43.6 Å². The molecule has 0 unspecified atom stereocenters. The summed E-state index contributed by atoms with van der Waals surface area (Å²) in [6, 6.07) is 12.0. The zero-order valence-electron chi connectivity index (χ0n) is 17.3. The molecule has 0 aliphatic carbocycles. The maximum Gasteiger partial charge on any atom is 0.258 e. The molecule has 0 fully saturated rings. The largest absolute Gasteiger partial charge is 0.466 e. The van der Waals surface area contributed by atoms with E-state index in [-0.39, 0.29) is 12.5 Å². The number of fused-ring (bicyclic) bond motifs is 1. The molecule has 8 nitrogen and oxygen atoms in total. The molecule has 1 aromatic carbocycles. The maximum atomic E-state index is 12.2. The number of aromatic nitrogens is 5. The number of nitrogens with one attached hydrogen (secondary N) is 1. The van der Waals surface area contributed by atoms with Crippen molar-refractivity contribution in [3.8, 4) is 11.6 Å². The average Bonchev–Trinajstić information content (AvgIpc) is 3.36. The fourth-order valence-electron chi connectivity index (χ4n) is 3.42. The summed E-state index contributed by atoms with van der Waals surface area (Å²) in [4.78, 5) is 16.7. The van der Waals surface area contributed by atoms with E-state index in [0.717, 1.165) is 40.0 Å². The summed E-state index contributed by atoms with van der Waals surface area (Å²) < 4.78 is 9.17. The van der Waals surface area contributed by atoms with Gasteiger partial charge in [-0.1, -0.05) is 12.1 Å². The first-order valence-corrected chi connectivity index (χ1v) is 9.80. The molecule has 4 aromatic rings. The van der Waals surface area contributed by atoms with Crippen LogP contribution in [0.1, 0.15) is 16.8 Å². The van der Waals surface area contributed by atoms with Crippen LogP contribution in [0.2, 0.25) is 0 Å². The quantitative estimate of drug-likeness (QED) is 0.511. The van der Waals surface area contributed by atoms with E-state index in [4.69, 9.17) is 4.74 Å². The van der Waals surface area contributed by atoms with Gasteiger partial charge in [-0.3, -0.25) is 4.79 Å². The Bertz CT molecular complexity index is 1160. The lowest BCUT2D eigenvalue weighted by molar-refractivity contribution is -0.123. The van der Waals surface area contributed by atoms with Gasteiger partial charge < -0.3 is 10.1 Å². The molecular weight excluding hydrogens is 380 g/mol. The Morgan fingerprint density at radius 2 is 2.00 bits per heavy atom. The Morgan fingerprint density at radius 3 is 2.73 bits per heavy atom. The van der Waals surface area contributed by atoms with E-state index in [1.807, 2.05) is 68.2 Å². The van der Waals surface area contributed by atoms with Crippen LogP contribution in [0.3, 0.4) is 0 Å². The van der Waals surface area contributed by atoms with Gasteiger partial charge in [0.05, 0.1) is 11.1 Å². The predicted molar refractivity (Wildman–Crippen MR) is 114 cm³/mol. The molecule has 3 aromatic heterocycles. The average molecular weight is 404 g/mol. The van der Waals surface area contributed by atoms with Crippen molar-refractivity contribution >= 4 is 16.9 Å². The number of pyridine rings is 1. The smallest absolute Gasteiger partial charge is 0.258 e. The van der Waals surface area contributed by atoms with Gasteiger partial charge in [-0.25, -0.2) is 14.3 Å². The number of aryl methyl sites for hydroxylation is 3. The van der Waals surface area contributed by atoms with E-state index >= 15 is 0 Å². The molecule has 0 bridgehead atoms. The van der Waals surface area contributed by atoms with E-state index < -0.39 is 0 Å². The number of carbonyl (C=O) groups is 1. The summed E-state index contributed by atoms with van der Waals surface area (Å²) in [6.07, 6.45) is 4.39. The molecule has 30 heavy (non-hydrogen) atoms. The standard InChI is InChI=1S/C22H24N6O2/c1-15-13-16(2)25-21-20(15)22(26-27(21)3)30-14-19(29)23-11-9-17-5-7-18(8-6-17)28-12-4-10-24-28/h4-8,10,12-13H,9,11,14H2,1-3H3,(H,23,29). The number of hydrogen-bond donors (Lipinski definition) is 1. The normalized spacial score (nSPS) is 11.0. The monoisotopic (exact) mass is 404 g/mol. The van der Waals surface area contributed by atoms with Crippen molar-refractivity contribution in [1.29, 1.82) is 0 Å². The highest BCUT2D eigenvalue weighted by Gasteiger charge is 2.15. The summed E-state index contributed by atoms with van der Waals surface area (Å²) in [5, 5.41) is 12.3. The zero-order valence-corrected chi connectivity index (χ0v) is 17.3. The van der Waals surface area contributed by atoms with Crippen molar-refractivity contribution in [2.75, 3.05) is 13.2 Å². The van der Waals surface area contributed by atoms with Gasteiger partial charge in [-0.2, -0.15) is 5.10 Å². The number of ether oxygens (including phenoxy) is 1. The van der Waals surface area contributed by atoms with E-state index in [2.05, 4.69) is 20.5 Å². The van der Waals surface area contributed by atoms with E-state index in [1.165, 1.54) is 0 Å². The fraction of sp³-hybridized carbons (Fsp3) is 0.273. The predicted octanol–water partition coefficient (Wildman–Crippen LogP) is 2.51.